The molecule has 2 atom stereocenters. The molecule has 5 nitrogen and oxygen atoms in total. The van der Waals surface area contributed by atoms with E-state index in [1.807, 2.05) is 18.9 Å². The van der Waals surface area contributed by atoms with Crippen molar-refractivity contribution in [3.8, 4) is 0 Å². The molecular weight excluding hydrogens is 300 g/mol. The Labute approximate surface area is 136 Å². The molecule has 0 amide bonds. The fourth-order valence-corrected chi connectivity index (χ4v) is 4.76. The summed E-state index contributed by atoms with van der Waals surface area (Å²) in [4.78, 5) is 11.6. The van der Waals surface area contributed by atoms with Gasteiger partial charge in [-0.1, -0.05) is 12.2 Å². The Bertz CT molecular complexity index is 472. The van der Waals surface area contributed by atoms with E-state index in [9.17, 15) is 4.79 Å². The lowest BCUT2D eigenvalue weighted by Crippen LogP contribution is -2.41. The summed E-state index contributed by atoms with van der Waals surface area (Å²) < 4.78 is 13.3. The van der Waals surface area contributed by atoms with Crippen molar-refractivity contribution in [2.45, 2.75) is 37.0 Å². The molecule has 2 saturated heterocycles. The minimum atomic E-state index is -0.271. The molecule has 3 rings (SSSR count). The summed E-state index contributed by atoms with van der Waals surface area (Å²) in [6.07, 6.45) is 9.84. The van der Waals surface area contributed by atoms with E-state index in [4.69, 9.17) is 9.47 Å². The zero-order valence-electron chi connectivity index (χ0n) is 13.0. The van der Waals surface area contributed by atoms with Gasteiger partial charge in [-0.15, -0.1) is 0 Å². The average Bonchev–Trinajstić information content (AvgIpc) is 3.15. The largest absolute Gasteiger partial charge is 0.464 e. The van der Waals surface area contributed by atoms with Crippen LogP contribution in [0.2, 0.25) is 0 Å². The van der Waals surface area contributed by atoms with Crippen molar-refractivity contribution in [2.24, 2.45) is 0 Å². The molecule has 22 heavy (non-hydrogen) atoms. The van der Waals surface area contributed by atoms with Gasteiger partial charge in [-0.3, -0.25) is 0 Å². The van der Waals surface area contributed by atoms with Crippen LogP contribution >= 0.6 is 11.9 Å². The topological polar surface area (TPSA) is 50.8 Å². The molecule has 3 aliphatic rings. The van der Waals surface area contributed by atoms with Crippen molar-refractivity contribution in [3.63, 3.8) is 0 Å². The zero-order valence-corrected chi connectivity index (χ0v) is 13.9. The van der Waals surface area contributed by atoms with Crippen molar-refractivity contribution in [2.75, 3.05) is 32.8 Å². The lowest BCUT2D eigenvalue weighted by molar-refractivity contribution is -0.150. The maximum absolute atomic E-state index is 11.6. The molecule has 122 valence electrons. The fourth-order valence-electron chi connectivity index (χ4n) is 3.22. The number of rotatable bonds is 5. The number of esters is 1. The van der Waals surface area contributed by atoms with Gasteiger partial charge in [-0.05, 0) is 50.8 Å². The van der Waals surface area contributed by atoms with E-state index < -0.39 is 0 Å². The summed E-state index contributed by atoms with van der Waals surface area (Å²) in [6.45, 7) is 5.05. The van der Waals surface area contributed by atoms with Crippen LogP contribution in [0.25, 0.3) is 0 Å². The fraction of sp³-hybridized carbons (Fsp3) is 0.688. The number of ether oxygens (including phenoxy) is 2. The predicted molar refractivity (Wildman–Crippen MR) is 87.3 cm³/mol. The molecule has 0 radical (unpaired) electrons. The highest BCUT2D eigenvalue weighted by atomic mass is 32.2. The smallest absolute Gasteiger partial charge is 0.332 e. The highest BCUT2D eigenvalue weighted by Crippen LogP contribution is 2.47. The molecule has 1 aliphatic carbocycles. The maximum atomic E-state index is 11.6. The summed E-state index contributed by atoms with van der Waals surface area (Å²) in [6, 6.07) is 0. The highest BCUT2D eigenvalue weighted by Gasteiger charge is 2.51. The van der Waals surface area contributed by atoms with Crippen LogP contribution in [0.15, 0.2) is 23.9 Å². The minimum absolute atomic E-state index is 0.0492. The van der Waals surface area contributed by atoms with Crippen molar-refractivity contribution in [3.05, 3.63) is 23.9 Å². The molecule has 6 heteroatoms. The number of hydrogen-bond acceptors (Lipinski definition) is 6. The molecule has 0 aromatic rings. The Morgan fingerprint density at radius 2 is 2.50 bits per heavy atom. The molecule has 0 saturated carbocycles. The summed E-state index contributed by atoms with van der Waals surface area (Å²) >= 11 is 1.89. The Hall–Kier alpha value is -0.980. The van der Waals surface area contributed by atoms with Crippen LogP contribution in [0.3, 0.4) is 0 Å². The van der Waals surface area contributed by atoms with Gasteiger partial charge in [0, 0.05) is 12.2 Å². The van der Waals surface area contributed by atoms with Gasteiger partial charge < -0.3 is 19.1 Å². The van der Waals surface area contributed by atoms with Crippen molar-refractivity contribution in [1.82, 2.24) is 9.62 Å². The number of hydrogen-bond donors (Lipinski definition) is 1. The standard InChI is InChI=1S/C16H24N2O3S/c1-2-20-15(19)11-21-14-10-18(13-6-4-3-5-7-13)22-16(14)8-9-17-12-16/h3-4,6,14,17H,2,5,7-12H2,1H3/t14-,16+/m0/s1. The highest BCUT2D eigenvalue weighted by molar-refractivity contribution is 7.98. The third-order valence-corrected chi connectivity index (χ3v) is 5.96. The lowest BCUT2D eigenvalue weighted by atomic mass is 10.00. The van der Waals surface area contributed by atoms with Crippen LogP contribution in [-0.4, -0.2) is 54.0 Å². The van der Waals surface area contributed by atoms with Crippen molar-refractivity contribution < 1.29 is 14.3 Å². The van der Waals surface area contributed by atoms with Gasteiger partial charge in [0.25, 0.3) is 0 Å². The average molecular weight is 324 g/mol. The third-order valence-electron chi connectivity index (χ3n) is 4.38. The Balaban J connectivity index is 1.66. The summed E-state index contributed by atoms with van der Waals surface area (Å²) in [7, 11) is 0. The van der Waals surface area contributed by atoms with Crippen LogP contribution in [0.1, 0.15) is 26.2 Å². The zero-order chi connectivity index (χ0) is 15.4. The first-order valence-electron chi connectivity index (χ1n) is 8.04. The number of nitrogens with one attached hydrogen (secondary N) is 1. The van der Waals surface area contributed by atoms with Crippen LogP contribution in [0.4, 0.5) is 0 Å². The van der Waals surface area contributed by atoms with Gasteiger partial charge in [0.05, 0.1) is 24.0 Å². The second-order valence-corrected chi connectivity index (χ2v) is 7.31. The Kier molecular flexibility index (Phi) is 5.10. The molecule has 0 aromatic carbocycles. The Morgan fingerprint density at radius 1 is 1.59 bits per heavy atom. The molecule has 0 unspecified atom stereocenters. The molecule has 2 heterocycles. The normalized spacial score (nSPS) is 30.9. The first-order chi connectivity index (χ1) is 10.7. The van der Waals surface area contributed by atoms with Crippen molar-refractivity contribution in [1.29, 1.82) is 0 Å². The molecule has 1 N–H and O–H groups in total. The summed E-state index contributed by atoms with van der Waals surface area (Å²) in [5, 5.41) is 3.44. The van der Waals surface area contributed by atoms with Gasteiger partial charge >= 0.3 is 5.97 Å². The van der Waals surface area contributed by atoms with Gasteiger partial charge in [-0.2, -0.15) is 0 Å². The van der Waals surface area contributed by atoms with Gasteiger partial charge in [0.2, 0.25) is 0 Å². The molecule has 1 spiro atoms. The lowest BCUT2D eigenvalue weighted by Gasteiger charge is -2.27. The predicted octanol–water partition coefficient (Wildman–Crippen LogP) is 1.86. The third kappa shape index (κ3) is 3.34. The quantitative estimate of drug-likeness (QED) is 0.615. The van der Waals surface area contributed by atoms with Crippen LogP contribution < -0.4 is 5.32 Å². The number of carbonyl (C=O) groups excluding carboxylic acids is 1. The second-order valence-electron chi connectivity index (χ2n) is 5.87. The van der Waals surface area contributed by atoms with E-state index in [0.29, 0.717) is 6.61 Å². The van der Waals surface area contributed by atoms with E-state index in [-0.39, 0.29) is 23.4 Å². The maximum Gasteiger partial charge on any atom is 0.332 e. The summed E-state index contributed by atoms with van der Waals surface area (Å²) in [5.74, 6) is -0.271. The minimum Gasteiger partial charge on any atom is -0.464 e. The molecule has 2 aliphatic heterocycles. The molecule has 0 bridgehead atoms. The van der Waals surface area contributed by atoms with Gasteiger partial charge in [-0.25, -0.2) is 4.79 Å². The van der Waals surface area contributed by atoms with E-state index in [0.717, 1.165) is 38.9 Å². The van der Waals surface area contributed by atoms with E-state index >= 15 is 0 Å². The summed E-state index contributed by atoms with van der Waals surface area (Å²) in [5.41, 5.74) is 1.36. The van der Waals surface area contributed by atoms with E-state index in [1.54, 1.807) is 0 Å². The van der Waals surface area contributed by atoms with Crippen LogP contribution in [0.5, 0.6) is 0 Å². The van der Waals surface area contributed by atoms with E-state index in [1.165, 1.54) is 5.70 Å². The van der Waals surface area contributed by atoms with Gasteiger partial charge in [0.1, 0.15) is 6.61 Å². The van der Waals surface area contributed by atoms with Gasteiger partial charge in [0.15, 0.2) is 0 Å². The first-order valence-corrected chi connectivity index (χ1v) is 8.81. The second kappa shape index (κ2) is 7.06. The molecular formula is C16H24N2O3S. The SMILES string of the molecule is CCOC(=O)CO[C@H]1CN(C2=CC=CCC2)S[C@@]12CCNC2. The molecule has 0 aromatic heterocycles. The number of nitrogens with zero attached hydrogens (tertiary/aromatic N) is 1. The Morgan fingerprint density at radius 3 is 3.18 bits per heavy atom. The first kappa shape index (κ1) is 15.9. The number of allylic oxidation sites excluding steroid dienone is 4. The van der Waals surface area contributed by atoms with Crippen LogP contribution in [0, 0.1) is 0 Å². The van der Waals surface area contributed by atoms with Crippen LogP contribution in [-0.2, 0) is 14.3 Å². The molecule has 2 fully saturated rings. The monoisotopic (exact) mass is 324 g/mol. The number of carbonyl (C=O) groups is 1. The van der Waals surface area contributed by atoms with E-state index in [2.05, 4.69) is 27.9 Å². The van der Waals surface area contributed by atoms with Crippen molar-refractivity contribution >= 4 is 17.9 Å².